The summed E-state index contributed by atoms with van der Waals surface area (Å²) in [5.41, 5.74) is 1.32. The van der Waals surface area contributed by atoms with Crippen LogP contribution in [0.3, 0.4) is 0 Å². The molecule has 0 radical (unpaired) electrons. The number of nitrogens with zero attached hydrogens (tertiary/aromatic N) is 1. The highest BCUT2D eigenvalue weighted by molar-refractivity contribution is 5.95. The van der Waals surface area contributed by atoms with Crippen molar-refractivity contribution in [2.24, 2.45) is 0 Å². The Morgan fingerprint density at radius 3 is 2.78 bits per heavy atom. The van der Waals surface area contributed by atoms with Crippen LogP contribution in [0.25, 0.3) is 0 Å². The van der Waals surface area contributed by atoms with Crippen molar-refractivity contribution >= 4 is 17.6 Å². The van der Waals surface area contributed by atoms with E-state index in [2.05, 4.69) is 10.3 Å². The molecule has 1 aromatic rings. The molecule has 1 saturated heterocycles. The first-order valence-corrected chi connectivity index (χ1v) is 5.68. The number of carbonyl (C=O) groups is 2. The number of pyridine rings is 1. The molecule has 0 aromatic carbocycles. The minimum absolute atomic E-state index is 0.324. The first-order valence-electron chi connectivity index (χ1n) is 5.68. The van der Waals surface area contributed by atoms with Crippen molar-refractivity contribution in [1.82, 2.24) is 4.98 Å². The molecule has 6 heteroatoms. The van der Waals surface area contributed by atoms with Gasteiger partial charge >= 0.3 is 5.97 Å². The Labute approximate surface area is 104 Å². The summed E-state index contributed by atoms with van der Waals surface area (Å²) in [6.45, 7) is 1.78. The zero-order chi connectivity index (χ0) is 13.1. The molecule has 0 unspecified atom stereocenters. The van der Waals surface area contributed by atoms with E-state index in [-0.39, 0.29) is 5.91 Å². The summed E-state index contributed by atoms with van der Waals surface area (Å²) in [5, 5.41) is 11.5. The van der Waals surface area contributed by atoms with E-state index >= 15 is 0 Å². The fourth-order valence-corrected chi connectivity index (χ4v) is 1.84. The number of aromatic nitrogens is 1. The van der Waals surface area contributed by atoms with Crippen LogP contribution in [0.4, 0.5) is 5.69 Å². The molecule has 2 N–H and O–H groups in total. The number of hydrogen-bond donors (Lipinski definition) is 2. The minimum atomic E-state index is -1.03. The standard InChI is InChI=1S/C12H14N2O4/c1-7-8(3-2-6-13-7)14-11(15)9-4-5-10(18-9)12(16)17/h2-3,6,9-10H,4-5H2,1H3,(H,14,15)(H,16,17)/t9-,10+/m0/s1. The fourth-order valence-electron chi connectivity index (χ4n) is 1.84. The molecular weight excluding hydrogens is 236 g/mol. The van der Waals surface area contributed by atoms with Gasteiger partial charge in [0.1, 0.15) is 6.10 Å². The molecule has 2 rings (SSSR count). The van der Waals surface area contributed by atoms with E-state index in [1.54, 1.807) is 25.3 Å². The number of carboxylic acids is 1. The van der Waals surface area contributed by atoms with Crippen LogP contribution in [-0.2, 0) is 14.3 Å². The van der Waals surface area contributed by atoms with E-state index < -0.39 is 18.2 Å². The molecule has 6 nitrogen and oxygen atoms in total. The number of rotatable bonds is 3. The molecule has 1 aromatic heterocycles. The molecule has 1 aliphatic heterocycles. The fraction of sp³-hybridized carbons (Fsp3) is 0.417. The van der Waals surface area contributed by atoms with Crippen LogP contribution in [-0.4, -0.2) is 34.2 Å². The number of amides is 1. The lowest BCUT2D eigenvalue weighted by molar-refractivity contribution is -0.150. The van der Waals surface area contributed by atoms with Gasteiger partial charge in [0, 0.05) is 6.20 Å². The van der Waals surface area contributed by atoms with E-state index in [9.17, 15) is 9.59 Å². The maximum atomic E-state index is 11.9. The normalized spacial score (nSPS) is 22.7. The Hall–Kier alpha value is -1.95. The highest BCUT2D eigenvalue weighted by atomic mass is 16.5. The smallest absolute Gasteiger partial charge is 0.332 e. The maximum Gasteiger partial charge on any atom is 0.332 e. The summed E-state index contributed by atoms with van der Waals surface area (Å²) in [6.07, 6.45) is 0.834. The van der Waals surface area contributed by atoms with Crippen molar-refractivity contribution in [2.75, 3.05) is 5.32 Å². The van der Waals surface area contributed by atoms with Gasteiger partial charge in [0.2, 0.25) is 0 Å². The molecule has 2 heterocycles. The van der Waals surface area contributed by atoms with Crippen LogP contribution in [0.15, 0.2) is 18.3 Å². The van der Waals surface area contributed by atoms with Gasteiger partial charge in [0.05, 0.1) is 11.4 Å². The number of nitrogens with one attached hydrogen (secondary N) is 1. The van der Waals surface area contributed by atoms with Gasteiger partial charge in [-0.05, 0) is 31.9 Å². The summed E-state index contributed by atoms with van der Waals surface area (Å²) < 4.78 is 5.16. The van der Waals surface area contributed by atoms with E-state index in [0.717, 1.165) is 0 Å². The van der Waals surface area contributed by atoms with E-state index in [1.165, 1.54) is 0 Å². The van der Waals surface area contributed by atoms with Crippen LogP contribution in [0.2, 0.25) is 0 Å². The Bertz CT molecular complexity index is 475. The largest absolute Gasteiger partial charge is 0.479 e. The molecule has 1 aliphatic rings. The molecular formula is C12H14N2O4. The zero-order valence-corrected chi connectivity index (χ0v) is 9.92. The number of carboxylic acid groups (broad SMARTS) is 1. The van der Waals surface area contributed by atoms with Crippen LogP contribution in [0, 0.1) is 6.92 Å². The molecule has 1 amide bonds. The van der Waals surface area contributed by atoms with Gasteiger partial charge < -0.3 is 15.2 Å². The first-order chi connectivity index (χ1) is 8.58. The van der Waals surface area contributed by atoms with Crippen LogP contribution >= 0.6 is 0 Å². The van der Waals surface area contributed by atoms with Gasteiger partial charge in [-0.15, -0.1) is 0 Å². The number of ether oxygens (including phenoxy) is 1. The average molecular weight is 250 g/mol. The van der Waals surface area contributed by atoms with Gasteiger partial charge in [0.25, 0.3) is 5.91 Å². The zero-order valence-electron chi connectivity index (χ0n) is 9.92. The summed E-state index contributed by atoms with van der Waals surface area (Å²) in [4.78, 5) is 26.6. The monoisotopic (exact) mass is 250 g/mol. The van der Waals surface area contributed by atoms with E-state index in [0.29, 0.717) is 24.2 Å². The highest BCUT2D eigenvalue weighted by Gasteiger charge is 2.34. The lowest BCUT2D eigenvalue weighted by Crippen LogP contribution is -2.30. The molecule has 96 valence electrons. The topological polar surface area (TPSA) is 88.5 Å². The first kappa shape index (κ1) is 12.5. The molecule has 0 saturated carbocycles. The van der Waals surface area contributed by atoms with E-state index in [1.807, 2.05) is 0 Å². The van der Waals surface area contributed by atoms with Crippen molar-refractivity contribution < 1.29 is 19.4 Å². The van der Waals surface area contributed by atoms with Crippen molar-refractivity contribution in [3.63, 3.8) is 0 Å². The van der Waals surface area contributed by atoms with Crippen molar-refractivity contribution in [1.29, 1.82) is 0 Å². The number of carbonyl (C=O) groups excluding carboxylic acids is 1. The van der Waals surface area contributed by atoms with Crippen molar-refractivity contribution in [3.05, 3.63) is 24.0 Å². The van der Waals surface area contributed by atoms with Crippen LogP contribution in [0.5, 0.6) is 0 Å². The molecule has 18 heavy (non-hydrogen) atoms. The van der Waals surface area contributed by atoms with Crippen molar-refractivity contribution in [3.8, 4) is 0 Å². The number of anilines is 1. The van der Waals surface area contributed by atoms with Crippen LogP contribution < -0.4 is 5.32 Å². The predicted octanol–water partition coefficient (Wildman–Crippen LogP) is 0.961. The Kier molecular flexibility index (Phi) is 3.57. The Morgan fingerprint density at radius 2 is 2.17 bits per heavy atom. The second-order valence-electron chi connectivity index (χ2n) is 4.15. The highest BCUT2D eigenvalue weighted by Crippen LogP contribution is 2.21. The lowest BCUT2D eigenvalue weighted by Gasteiger charge is -2.12. The molecule has 1 fully saturated rings. The second-order valence-corrected chi connectivity index (χ2v) is 4.15. The van der Waals surface area contributed by atoms with Crippen molar-refractivity contribution in [2.45, 2.75) is 32.0 Å². The number of hydrogen-bond acceptors (Lipinski definition) is 4. The Morgan fingerprint density at radius 1 is 1.44 bits per heavy atom. The molecule has 2 atom stereocenters. The van der Waals surface area contributed by atoms with Gasteiger partial charge in [-0.1, -0.05) is 0 Å². The summed E-state index contributed by atoms with van der Waals surface area (Å²) in [7, 11) is 0. The Balaban J connectivity index is 1.98. The predicted molar refractivity (Wildman–Crippen MR) is 63.1 cm³/mol. The van der Waals surface area contributed by atoms with Gasteiger partial charge in [-0.25, -0.2) is 4.79 Å². The quantitative estimate of drug-likeness (QED) is 0.834. The second kappa shape index (κ2) is 5.14. The van der Waals surface area contributed by atoms with Gasteiger partial charge in [0.15, 0.2) is 6.10 Å². The van der Waals surface area contributed by atoms with Gasteiger partial charge in [-0.3, -0.25) is 9.78 Å². The molecule has 0 spiro atoms. The summed E-state index contributed by atoms with van der Waals surface area (Å²) in [6, 6.07) is 3.46. The lowest BCUT2D eigenvalue weighted by atomic mass is 10.2. The van der Waals surface area contributed by atoms with Gasteiger partial charge in [-0.2, -0.15) is 0 Å². The molecule has 0 bridgehead atoms. The minimum Gasteiger partial charge on any atom is -0.479 e. The SMILES string of the molecule is Cc1ncccc1NC(=O)[C@@H]1CC[C@H](C(=O)O)O1. The summed E-state index contributed by atoms with van der Waals surface area (Å²) in [5.74, 6) is -1.35. The number of aliphatic carboxylic acids is 1. The average Bonchev–Trinajstić information content (AvgIpc) is 2.81. The third kappa shape index (κ3) is 2.65. The van der Waals surface area contributed by atoms with Crippen LogP contribution in [0.1, 0.15) is 18.5 Å². The number of aryl methyl sites for hydroxylation is 1. The molecule has 0 aliphatic carbocycles. The third-order valence-corrected chi connectivity index (χ3v) is 2.85. The summed E-state index contributed by atoms with van der Waals surface area (Å²) >= 11 is 0. The van der Waals surface area contributed by atoms with E-state index in [4.69, 9.17) is 9.84 Å². The maximum absolute atomic E-state index is 11.9. The third-order valence-electron chi connectivity index (χ3n) is 2.85.